The number of aromatic nitrogens is 4. The van der Waals surface area contributed by atoms with E-state index in [9.17, 15) is 10.2 Å². The van der Waals surface area contributed by atoms with E-state index in [2.05, 4.69) is 32.8 Å². The average Bonchev–Trinajstić information content (AvgIpc) is 3.34. The zero-order chi connectivity index (χ0) is 19.6. The van der Waals surface area contributed by atoms with Crippen LogP contribution in [0.3, 0.4) is 0 Å². The molecular formula is C22H34N4O2. The Labute approximate surface area is 167 Å². The lowest BCUT2D eigenvalue weighted by Gasteiger charge is -2.23. The molecule has 0 bridgehead atoms. The van der Waals surface area contributed by atoms with Gasteiger partial charge < -0.3 is 10.2 Å². The number of hydrogen-bond donors (Lipinski definition) is 3. The molecular weight excluding hydrogens is 352 g/mol. The molecule has 1 aliphatic rings. The summed E-state index contributed by atoms with van der Waals surface area (Å²) in [6.07, 6.45) is 10.8. The van der Waals surface area contributed by atoms with Crippen molar-refractivity contribution in [1.82, 2.24) is 20.6 Å². The summed E-state index contributed by atoms with van der Waals surface area (Å²) in [5.74, 6) is 1.82. The van der Waals surface area contributed by atoms with Crippen LogP contribution in [0.15, 0.2) is 30.3 Å². The molecule has 0 aliphatic heterocycles. The minimum Gasteiger partial charge on any atom is -0.393 e. The molecule has 3 rings (SSSR count). The Morgan fingerprint density at radius 2 is 1.86 bits per heavy atom. The fourth-order valence-electron chi connectivity index (χ4n) is 4.62. The highest BCUT2D eigenvalue weighted by atomic mass is 16.3. The third-order valence-corrected chi connectivity index (χ3v) is 6.21. The molecule has 28 heavy (non-hydrogen) atoms. The lowest BCUT2D eigenvalue weighted by Crippen LogP contribution is -2.21. The highest BCUT2D eigenvalue weighted by Crippen LogP contribution is 2.39. The fraction of sp³-hybridized carbons (Fsp3) is 0.682. The monoisotopic (exact) mass is 386 g/mol. The first-order valence-electron chi connectivity index (χ1n) is 10.8. The summed E-state index contributed by atoms with van der Waals surface area (Å²) >= 11 is 0. The van der Waals surface area contributed by atoms with E-state index in [-0.39, 0.29) is 12.2 Å². The van der Waals surface area contributed by atoms with Gasteiger partial charge in [-0.1, -0.05) is 49.6 Å². The van der Waals surface area contributed by atoms with E-state index in [1.807, 2.05) is 18.2 Å². The quantitative estimate of drug-likeness (QED) is 0.486. The number of aromatic amines is 1. The number of aryl methyl sites for hydroxylation is 1. The molecule has 2 aromatic rings. The Morgan fingerprint density at radius 3 is 2.64 bits per heavy atom. The largest absolute Gasteiger partial charge is 0.393 e. The second-order valence-electron chi connectivity index (χ2n) is 8.29. The van der Waals surface area contributed by atoms with Crippen molar-refractivity contribution >= 4 is 0 Å². The number of rotatable bonds is 12. The van der Waals surface area contributed by atoms with Crippen molar-refractivity contribution in [3.8, 4) is 0 Å². The summed E-state index contributed by atoms with van der Waals surface area (Å²) in [4.78, 5) is 0. The number of nitrogens with one attached hydrogen (secondary N) is 1. The first-order chi connectivity index (χ1) is 13.7. The van der Waals surface area contributed by atoms with Gasteiger partial charge in [0, 0.05) is 6.42 Å². The summed E-state index contributed by atoms with van der Waals surface area (Å²) in [5.41, 5.74) is 1.19. The van der Waals surface area contributed by atoms with Gasteiger partial charge in [-0.2, -0.15) is 0 Å². The van der Waals surface area contributed by atoms with E-state index < -0.39 is 0 Å². The van der Waals surface area contributed by atoms with Crippen LogP contribution in [0.4, 0.5) is 0 Å². The van der Waals surface area contributed by atoms with E-state index in [4.69, 9.17) is 0 Å². The van der Waals surface area contributed by atoms with Crippen LogP contribution in [0, 0.1) is 11.8 Å². The first-order valence-corrected chi connectivity index (χ1v) is 10.8. The summed E-state index contributed by atoms with van der Waals surface area (Å²) < 4.78 is 0. The average molecular weight is 387 g/mol. The Balaban J connectivity index is 1.31. The second-order valence-corrected chi connectivity index (χ2v) is 8.29. The van der Waals surface area contributed by atoms with Crippen molar-refractivity contribution in [3.05, 3.63) is 41.7 Å². The van der Waals surface area contributed by atoms with Crippen LogP contribution in [0.2, 0.25) is 0 Å². The molecule has 0 spiro atoms. The maximum atomic E-state index is 10.4. The van der Waals surface area contributed by atoms with E-state index >= 15 is 0 Å². The number of hydrogen-bond acceptors (Lipinski definition) is 5. The normalized spacial score (nSPS) is 23.1. The molecule has 0 saturated heterocycles. The highest BCUT2D eigenvalue weighted by Gasteiger charge is 2.34. The minimum atomic E-state index is -0.286. The van der Waals surface area contributed by atoms with Crippen molar-refractivity contribution in [2.24, 2.45) is 11.8 Å². The van der Waals surface area contributed by atoms with Crippen LogP contribution in [-0.4, -0.2) is 43.0 Å². The summed E-state index contributed by atoms with van der Waals surface area (Å²) in [6, 6.07) is 10.2. The predicted octanol–water partition coefficient (Wildman–Crippen LogP) is 3.46. The van der Waals surface area contributed by atoms with E-state index in [0.717, 1.165) is 57.2 Å². The van der Waals surface area contributed by atoms with Gasteiger partial charge in [-0.25, -0.2) is 5.10 Å². The first kappa shape index (κ1) is 20.9. The molecule has 0 amide bonds. The molecule has 1 aromatic heterocycles. The topological polar surface area (TPSA) is 94.9 Å². The maximum Gasteiger partial charge on any atom is 0.148 e. The Kier molecular flexibility index (Phi) is 8.42. The van der Waals surface area contributed by atoms with Gasteiger partial charge in [-0.05, 0) is 72.8 Å². The molecule has 1 aromatic carbocycles. The van der Waals surface area contributed by atoms with E-state index in [1.165, 1.54) is 24.8 Å². The van der Waals surface area contributed by atoms with Crippen molar-refractivity contribution in [2.45, 2.75) is 82.8 Å². The molecule has 1 fully saturated rings. The number of unbranched alkanes of at least 4 members (excludes halogenated alkanes) is 3. The fourth-order valence-corrected chi connectivity index (χ4v) is 4.62. The number of nitrogens with zero attached hydrogens (tertiary/aromatic N) is 3. The molecule has 1 unspecified atom stereocenters. The third-order valence-electron chi connectivity index (χ3n) is 6.21. The Morgan fingerprint density at radius 1 is 1.04 bits per heavy atom. The van der Waals surface area contributed by atoms with Crippen LogP contribution in [0.25, 0.3) is 0 Å². The Bertz CT molecular complexity index is 650. The summed E-state index contributed by atoms with van der Waals surface area (Å²) in [5, 5.41) is 34.7. The van der Waals surface area contributed by atoms with Crippen molar-refractivity contribution in [2.75, 3.05) is 0 Å². The SMILES string of the molecule is OC(CC[C@H]1CC[C@H](O)[C@@H]1CCCCCCc1nnn[nH]1)Cc1ccccc1. The zero-order valence-corrected chi connectivity index (χ0v) is 16.7. The molecule has 1 aliphatic carbocycles. The number of H-pyrrole nitrogens is 1. The minimum absolute atomic E-state index is 0.156. The standard InChI is InChI=1S/C22H34N4O2/c27-19(16-17-8-4-3-5-9-17)14-12-18-13-15-21(28)20(18)10-6-1-2-7-11-22-23-25-26-24-22/h3-5,8-9,18-21,27-28H,1-2,6-7,10-16H2,(H,23,24,25,26)/t18-,19?,20+,21-/m0/s1. The van der Waals surface area contributed by atoms with Gasteiger partial charge in [0.25, 0.3) is 0 Å². The predicted molar refractivity (Wildman–Crippen MR) is 109 cm³/mol. The lowest BCUT2D eigenvalue weighted by molar-refractivity contribution is 0.0988. The van der Waals surface area contributed by atoms with Gasteiger partial charge in [-0.3, -0.25) is 0 Å². The van der Waals surface area contributed by atoms with Crippen molar-refractivity contribution in [3.63, 3.8) is 0 Å². The molecule has 154 valence electrons. The van der Waals surface area contributed by atoms with Gasteiger partial charge >= 0.3 is 0 Å². The van der Waals surface area contributed by atoms with Gasteiger partial charge in [0.15, 0.2) is 0 Å². The molecule has 1 heterocycles. The molecule has 3 N–H and O–H groups in total. The van der Waals surface area contributed by atoms with E-state index in [0.29, 0.717) is 11.8 Å². The van der Waals surface area contributed by atoms with E-state index in [1.54, 1.807) is 0 Å². The van der Waals surface area contributed by atoms with Gasteiger partial charge in [0.05, 0.1) is 12.2 Å². The molecule has 1 saturated carbocycles. The summed E-state index contributed by atoms with van der Waals surface area (Å²) in [7, 11) is 0. The number of benzene rings is 1. The molecule has 6 heteroatoms. The van der Waals surface area contributed by atoms with Gasteiger partial charge in [0.1, 0.15) is 5.82 Å². The maximum absolute atomic E-state index is 10.4. The lowest BCUT2D eigenvalue weighted by atomic mass is 9.85. The zero-order valence-electron chi connectivity index (χ0n) is 16.7. The van der Waals surface area contributed by atoms with Crippen molar-refractivity contribution < 1.29 is 10.2 Å². The van der Waals surface area contributed by atoms with Crippen LogP contribution < -0.4 is 0 Å². The third kappa shape index (κ3) is 6.67. The van der Waals surface area contributed by atoms with Crippen LogP contribution >= 0.6 is 0 Å². The Hall–Kier alpha value is -1.79. The summed E-state index contributed by atoms with van der Waals surface area (Å²) in [6.45, 7) is 0. The number of aliphatic hydroxyl groups excluding tert-OH is 2. The number of aliphatic hydroxyl groups is 2. The molecule has 6 nitrogen and oxygen atoms in total. The molecule has 4 atom stereocenters. The van der Waals surface area contributed by atoms with Gasteiger partial charge in [0.2, 0.25) is 0 Å². The van der Waals surface area contributed by atoms with Crippen LogP contribution in [-0.2, 0) is 12.8 Å². The smallest absolute Gasteiger partial charge is 0.148 e. The van der Waals surface area contributed by atoms with Gasteiger partial charge in [-0.15, -0.1) is 5.10 Å². The second kappa shape index (κ2) is 11.3. The van der Waals surface area contributed by atoms with Crippen LogP contribution in [0.5, 0.6) is 0 Å². The van der Waals surface area contributed by atoms with Crippen molar-refractivity contribution in [1.29, 1.82) is 0 Å². The van der Waals surface area contributed by atoms with Crippen LogP contribution in [0.1, 0.15) is 69.2 Å². The highest BCUT2D eigenvalue weighted by molar-refractivity contribution is 5.15. The number of tetrazole rings is 1. The molecule has 0 radical (unpaired) electrons.